The molecule has 4 aromatic rings. The van der Waals surface area contributed by atoms with E-state index in [1.165, 1.54) is 31.2 Å². The summed E-state index contributed by atoms with van der Waals surface area (Å²) in [6.07, 6.45) is 6.02. The van der Waals surface area contributed by atoms with Crippen molar-refractivity contribution in [3.8, 4) is 0 Å². The molecule has 1 saturated carbocycles. The van der Waals surface area contributed by atoms with E-state index < -0.39 is 50.7 Å². The van der Waals surface area contributed by atoms with Crippen LogP contribution < -0.4 is 28.7 Å². The predicted octanol–water partition coefficient (Wildman–Crippen LogP) is 5.73. The smallest absolute Gasteiger partial charge is 0.334 e. The van der Waals surface area contributed by atoms with Crippen LogP contribution in [-0.4, -0.2) is 91.7 Å². The Morgan fingerprint density at radius 2 is 1.61 bits per heavy atom. The summed E-state index contributed by atoms with van der Waals surface area (Å²) in [5, 5.41) is 16.6. The van der Waals surface area contributed by atoms with Gasteiger partial charge >= 0.3 is 32.5 Å². The third kappa shape index (κ3) is 10.2. The molecule has 1 unspecified atom stereocenters. The molecule has 4 amide bonds. The molecule has 2 fully saturated rings. The third-order valence-electron chi connectivity index (χ3n) is 10.5. The van der Waals surface area contributed by atoms with Gasteiger partial charge in [0.1, 0.15) is 5.69 Å². The maximum atomic E-state index is 14.2. The number of thiophene rings is 2. The number of likely N-dealkylation sites (N-methyl/N-ethyl adjacent to an activating group) is 1. The Balaban J connectivity index is 1.16. The first kappa shape index (κ1) is 44.3. The molecular formula is C37H55N11O7S4. The SMILES string of the molecule is Cc1csc(NC(=O)NS(=O)(=O)N(c2cn(C)nc2COC2CC(N(c3cnn(C)c3)S(=O)(=O)NC(=O)Nc3cc(C(C)C)sc3C(C)C)C2)C2CCCN(C)C2)c1C. The summed E-state index contributed by atoms with van der Waals surface area (Å²) in [4.78, 5) is 30.5. The van der Waals surface area contributed by atoms with Gasteiger partial charge in [0.2, 0.25) is 0 Å². The second-order valence-corrected chi connectivity index (χ2v) is 21.0. The van der Waals surface area contributed by atoms with Crippen molar-refractivity contribution in [3.05, 3.63) is 56.6 Å². The summed E-state index contributed by atoms with van der Waals surface area (Å²) in [6, 6.07) is -0.946. The summed E-state index contributed by atoms with van der Waals surface area (Å²) in [7, 11) is -3.60. The van der Waals surface area contributed by atoms with Crippen LogP contribution in [0.25, 0.3) is 0 Å². The standard InChI is InChI=1S/C37H55N11O7S4/c1-22(2)33-15-30(34(57-33)23(3)4)39-36(49)42-58(51,52)47(28-16-38-45(8)18-28)27-13-29(14-27)55-20-31-32(19-46(9)41-31)48(26-11-10-12-44(7)17-26)59(53,54)43-37(50)40-35-25(6)24(5)21-56-35/h15-16,18-19,21-23,26-27,29H,10-14,17,20H2,1-9H3,(H2,39,42,49)(H2,40,43,50). The summed E-state index contributed by atoms with van der Waals surface area (Å²) >= 11 is 2.91. The van der Waals surface area contributed by atoms with Gasteiger partial charge < -0.3 is 15.0 Å². The first-order chi connectivity index (χ1) is 27.7. The molecule has 5 heterocycles. The number of aromatic nitrogens is 4. The molecule has 0 aromatic carbocycles. The fourth-order valence-electron chi connectivity index (χ4n) is 7.26. The zero-order valence-corrected chi connectivity index (χ0v) is 38.1. The van der Waals surface area contributed by atoms with Crippen molar-refractivity contribution < 1.29 is 31.2 Å². The zero-order chi connectivity index (χ0) is 43.0. The van der Waals surface area contributed by atoms with Crippen LogP contribution in [0.4, 0.5) is 31.7 Å². The second-order valence-electron chi connectivity index (χ2n) is 15.9. The minimum atomic E-state index is -4.45. The molecule has 2 aliphatic rings. The van der Waals surface area contributed by atoms with E-state index in [4.69, 9.17) is 4.74 Å². The monoisotopic (exact) mass is 893 g/mol. The lowest BCUT2D eigenvalue weighted by molar-refractivity contribution is -0.0191. The Morgan fingerprint density at radius 1 is 0.932 bits per heavy atom. The number of amides is 4. The van der Waals surface area contributed by atoms with Crippen LogP contribution in [0.5, 0.6) is 0 Å². The quantitative estimate of drug-likeness (QED) is 0.114. The number of likely N-dealkylation sites (tertiary alicyclic amines) is 1. The highest BCUT2D eigenvalue weighted by molar-refractivity contribution is 7.91. The van der Waals surface area contributed by atoms with Crippen molar-refractivity contribution in [2.24, 2.45) is 14.1 Å². The molecule has 4 aromatic heterocycles. The molecule has 6 rings (SSSR count). The van der Waals surface area contributed by atoms with Crippen molar-refractivity contribution in [2.45, 2.75) is 104 Å². The van der Waals surface area contributed by atoms with E-state index in [2.05, 4.69) is 44.1 Å². The molecule has 18 nitrogen and oxygen atoms in total. The first-order valence-electron chi connectivity index (χ1n) is 19.5. The number of rotatable bonds is 15. The summed E-state index contributed by atoms with van der Waals surface area (Å²) in [6.45, 7) is 13.1. The van der Waals surface area contributed by atoms with Gasteiger partial charge in [-0.3, -0.25) is 14.7 Å². The normalized spacial score (nSPS) is 18.8. The minimum Gasteiger partial charge on any atom is -0.372 e. The predicted molar refractivity (Wildman–Crippen MR) is 232 cm³/mol. The number of aryl methyl sites for hydroxylation is 3. The number of urea groups is 2. The molecule has 1 aliphatic carbocycles. The van der Waals surface area contributed by atoms with Gasteiger partial charge in [-0.15, -0.1) is 22.7 Å². The fraction of sp³-hybridized carbons (Fsp3) is 0.568. The summed E-state index contributed by atoms with van der Waals surface area (Å²) in [5.41, 5.74) is 3.31. The third-order valence-corrected chi connectivity index (χ3v) is 16.2. The average Bonchev–Trinajstić information content (AvgIpc) is 3.89. The number of nitrogens with one attached hydrogen (secondary N) is 4. The molecule has 0 radical (unpaired) electrons. The number of carbonyl (C=O) groups excluding carboxylic acids is 2. The highest BCUT2D eigenvalue weighted by Crippen LogP contribution is 2.38. The summed E-state index contributed by atoms with van der Waals surface area (Å²) in [5.74, 6) is 0.362. The molecule has 0 spiro atoms. The largest absolute Gasteiger partial charge is 0.372 e. The molecule has 1 aliphatic heterocycles. The van der Waals surface area contributed by atoms with Gasteiger partial charge in [-0.2, -0.15) is 27.0 Å². The molecule has 324 valence electrons. The lowest BCUT2D eigenvalue weighted by Crippen LogP contribution is -2.55. The van der Waals surface area contributed by atoms with Gasteiger partial charge in [-0.1, -0.05) is 27.7 Å². The van der Waals surface area contributed by atoms with E-state index in [0.717, 1.165) is 38.2 Å². The zero-order valence-electron chi connectivity index (χ0n) is 34.8. The number of hydrogen-bond acceptors (Lipinski definition) is 12. The molecule has 22 heteroatoms. The highest BCUT2D eigenvalue weighted by atomic mass is 32.2. The number of anilines is 4. The lowest BCUT2D eigenvalue weighted by atomic mass is 9.89. The Labute approximate surface area is 354 Å². The van der Waals surface area contributed by atoms with Crippen molar-refractivity contribution >= 4 is 77.2 Å². The fourth-order valence-corrected chi connectivity index (χ4v) is 12.0. The number of hydrogen-bond donors (Lipinski definition) is 4. The Bertz CT molecular complexity index is 2360. The maximum Gasteiger partial charge on any atom is 0.334 e. The molecule has 1 saturated heterocycles. The van der Waals surface area contributed by atoms with E-state index in [1.807, 2.05) is 51.1 Å². The topological polar surface area (TPSA) is 205 Å². The number of carbonyl (C=O) groups is 2. The first-order valence-corrected chi connectivity index (χ1v) is 24.1. The van der Waals surface area contributed by atoms with Gasteiger partial charge in [-0.05, 0) is 87.5 Å². The van der Waals surface area contributed by atoms with E-state index in [9.17, 15) is 26.4 Å². The average molecular weight is 894 g/mol. The van der Waals surface area contributed by atoms with Crippen molar-refractivity contribution in [3.63, 3.8) is 0 Å². The molecule has 0 bridgehead atoms. The van der Waals surface area contributed by atoms with E-state index in [0.29, 0.717) is 29.3 Å². The molecule has 1 atom stereocenters. The van der Waals surface area contributed by atoms with Gasteiger partial charge in [0, 0.05) is 42.8 Å². The second kappa shape index (κ2) is 17.8. The highest BCUT2D eigenvalue weighted by Gasteiger charge is 2.42. The summed E-state index contributed by atoms with van der Waals surface area (Å²) < 4.78 is 72.3. The van der Waals surface area contributed by atoms with E-state index in [1.54, 1.807) is 37.8 Å². The lowest BCUT2D eigenvalue weighted by Gasteiger charge is -2.42. The Hall–Kier alpha value is -4.22. The van der Waals surface area contributed by atoms with Crippen LogP contribution in [0.2, 0.25) is 0 Å². The van der Waals surface area contributed by atoms with E-state index in [-0.39, 0.29) is 42.7 Å². The van der Waals surface area contributed by atoms with Crippen LogP contribution in [0.15, 0.2) is 30.0 Å². The molecule has 4 N–H and O–H groups in total. The van der Waals surface area contributed by atoms with E-state index >= 15 is 0 Å². The van der Waals surface area contributed by atoms with Crippen molar-refractivity contribution in [2.75, 3.05) is 39.4 Å². The minimum absolute atomic E-state index is 0.0838. The van der Waals surface area contributed by atoms with Crippen LogP contribution in [0, 0.1) is 13.8 Å². The van der Waals surface area contributed by atoms with Gasteiger partial charge in [-0.25, -0.2) is 27.6 Å². The number of nitrogens with zero attached hydrogens (tertiary/aromatic N) is 7. The van der Waals surface area contributed by atoms with Crippen LogP contribution in [-0.2, 0) is 45.9 Å². The van der Waals surface area contributed by atoms with Crippen LogP contribution in [0.3, 0.4) is 0 Å². The van der Waals surface area contributed by atoms with Gasteiger partial charge in [0.25, 0.3) is 0 Å². The van der Waals surface area contributed by atoms with Crippen molar-refractivity contribution in [1.82, 2.24) is 33.9 Å². The van der Waals surface area contributed by atoms with Crippen LogP contribution in [0.1, 0.15) is 91.8 Å². The Morgan fingerprint density at radius 3 is 2.20 bits per heavy atom. The van der Waals surface area contributed by atoms with Crippen molar-refractivity contribution in [1.29, 1.82) is 0 Å². The molecular weight excluding hydrogens is 839 g/mol. The van der Waals surface area contributed by atoms with Crippen LogP contribution >= 0.6 is 22.7 Å². The number of piperidine rings is 1. The van der Waals surface area contributed by atoms with Gasteiger partial charge in [0.15, 0.2) is 0 Å². The Kier molecular flexibility index (Phi) is 13.4. The maximum absolute atomic E-state index is 14.2. The van der Waals surface area contributed by atoms with Gasteiger partial charge in [0.05, 0.1) is 53.1 Å². The number of ether oxygens (including phenoxy) is 1. The molecule has 59 heavy (non-hydrogen) atoms.